The zero-order chi connectivity index (χ0) is 9.19. The van der Waals surface area contributed by atoms with Crippen molar-refractivity contribution in [1.29, 1.82) is 5.26 Å². The van der Waals surface area contributed by atoms with E-state index in [1.54, 1.807) is 0 Å². The molecule has 12 heavy (non-hydrogen) atoms. The van der Waals surface area contributed by atoms with Crippen molar-refractivity contribution >= 4 is 0 Å². The number of alkyl halides is 3. The number of hydrogen-bond donors (Lipinski definition) is 0. The Balaban J connectivity index is 3.26. The molecule has 0 aromatic carbocycles. The van der Waals surface area contributed by atoms with Crippen LogP contribution in [0.1, 0.15) is 11.1 Å². The van der Waals surface area contributed by atoms with E-state index in [0.29, 0.717) is 6.20 Å². The van der Waals surface area contributed by atoms with Crippen LogP contribution in [0.3, 0.4) is 0 Å². The lowest BCUT2D eigenvalue weighted by Crippen LogP contribution is -2.07. The third kappa shape index (κ3) is 1.53. The predicted molar refractivity (Wildman–Crippen MR) is 32.8 cm³/mol. The fraction of sp³-hybridized carbons (Fsp3) is 0.143. The van der Waals surface area contributed by atoms with Gasteiger partial charge in [0.25, 0.3) is 0 Å². The second kappa shape index (κ2) is 2.81. The average Bonchev–Trinajstić information content (AvgIpc) is 2.03. The molecular formula is C7H2F3N2. The van der Waals surface area contributed by atoms with Crippen LogP contribution in [0.4, 0.5) is 13.2 Å². The van der Waals surface area contributed by atoms with Crippen molar-refractivity contribution < 1.29 is 13.2 Å². The Morgan fingerprint density at radius 3 is 2.58 bits per heavy atom. The average molecular weight is 171 g/mol. The zero-order valence-electron chi connectivity index (χ0n) is 5.68. The van der Waals surface area contributed by atoms with E-state index in [4.69, 9.17) is 5.26 Å². The Kier molecular flexibility index (Phi) is 2.00. The standard InChI is InChI=1S/C7H2F3N2/c8-7(9,10)6-4-12-2-1-5(6)3-11/h1,4H. The van der Waals surface area contributed by atoms with Crippen molar-refractivity contribution in [2.24, 2.45) is 0 Å². The molecule has 0 aliphatic carbocycles. The van der Waals surface area contributed by atoms with Gasteiger partial charge in [-0.2, -0.15) is 18.4 Å². The molecule has 2 nitrogen and oxygen atoms in total. The lowest BCUT2D eigenvalue weighted by Gasteiger charge is -2.05. The van der Waals surface area contributed by atoms with Gasteiger partial charge in [-0.05, 0) is 6.07 Å². The number of nitrogens with zero attached hydrogens (tertiary/aromatic N) is 2. The molecule has 0 saturated heterocycles. The van der Waals surface area contributed by atoms with Crippen LogP contribution < -0.4 is 0 Å². The van der Waals surface area contributed by atoms with Gasteiger partial charge in [-0.1, -0.05) is 0 Å². The van der Waals surface area contributed by atoms with E-state index < -0.39 is 17.3 Å². The Bertz CT molecular complexity index is 324. The van der Waals surface area contributed by atoms with Gasteiger partial charge < -0.3 is 0 Å². The van der Waals surface area contributed by atoms with Gasteiger partial charge >= 0.3 is 6.18 Å². The number of halogens is 3. The summed E-state index contributed by atoms with van der Waals surface area (Å²) in [7, 11) is 0. The number of rotatable bonds is 0. The van der Waals surface area contributed by atoms with Gasteiger partial charge in [-0.3, -0.25) is 4.98 Å². The molecule has 0 aliphatic rings. The highest BCUT2D eigenvalue weighted by atomic mass is 19.4. The largest absolute Gasteiger partial charge is 0.419 e. The molecule has 0 spiro atoms. The maximum absolute atomic E-state index is 12.0. The Hall–Kier alpha value is -1.57. The summed E-state index contributed by atoms with van der Waals surface area (Å²) in [5.41, 5.74) is -1.48. The molecule has 0 saturated carbocycles. The van der Waals surface area contributed by atoms with Gasteiger partial charge in [-0.25, -0.2) is 0 Å². The highest BCUT2D eigenvalue weighted by molar-refractivity contribution is 5.36. The summed E-state index contributed by atoms with van der Waals surface area (Å²) in [5, 5.41) is 8.28. The van der Waals surface area contributed by atoms with E-state index in [-0.39, 0.29) is 0 Å². The number of nitriles is 1. The fourth-order valence-electron chi connectivity index (χ4n) is 0.669. The van der Waals surface area contributed by atoms with Crippen LogP contribution in [0.25, 0.3) is 0 Å². The Morgan fingerprint density at radius 1 is 1.50 bits per heavy atom. The lowest BCUT2D eigenvalue weighted by atomic mass is 10.1. The maximum Gasteiger partial charge on any atom is 0.419 e. The molecule has 5 heteroatoms. The Labute approximate surface area is 66.3 Å². The second-order valence-corrected chi connectivity index (χ2v) is 1.97. The van der Waals surface area contributed by atoms with Crippen LogP contribution in [-0.2, 0) is 6.18 Å². The first-order chi connectivity index (χ1) is 5.55. The van der Waals surface area contributed by atoms with Crippen LogP contribution in [0.2, 0.25) is 0 Å². The van der Waals surface area contributed by atoms with E-state index in [1.807, 2.05) is 0 Å². The quantitative estimate of drug-likeness (QED) is 0.596. The summed E-state index contributed by atoms with van der Waals surface area (Å²) in [5.74, 6) is 0. The SMILES string of the molecule is N#Cc1c[c]ncc1C(F)(F)F. The van der Waals surface area contributed by atoms with E-state index >= 15 is 0 Å². The van der Waals surface area contributed by atoms with Crippen molar-refractivity contribution in [3.63, 3.8) is 0 Å². The number of aromatic nitrogens is 1. The van der Waals surface area contributed by atoms with Gasteiger partial charge in [0, 0.05) is 6.20 Å². The third-order valence-electron chi connectivity index (χ3n) is 1.19. The summed E-state index contributed by atoms with van der Waals surface area (Å²) < 4.78 is 36.1. The summed E-state index contributed by atoms with van der Waals surface area (Å²) >= 11 is 0. The fourth-order valence-corrected chi connectivity index (χ4v) is 0.669. The molecule has 0 atom stereocenters. The molecule has 1 radical (unpaired) electrons. The van der Waals surface area contributed by atoms with Gasteiger partial charge in [-0.15, -0.1) is 0 Å². The molecule has 0 N–H and O–H groups in total. The van der Waals surface area contributed by atoms with Crippen LogP contribution in [-0.4, -0.2) is 4.98 Å². The third-order valence-corrected chi connectivity index (χ3v) is 1.19. The van der Waals surface area contributed by atoms with E-state index in [2.05, 4.69) is 11.2 Å². The second-order valence-electron chi connectivity index (χ2n) is 1.97. The molecule has 0 fully saturated rings. The van der Waals surface area contributed by atoms with Crippen LogP contribution >= 0.6 is 0 Å². The molecule has 0 aliphatic heterocycles. The van der Waals surface area contributed by atoms with Crippen molar-refractivity contribution in [2.75, 3.05) is 0 Å². The van der Waals surface area contributed by atoms with Gasteiger partial charge in [0.15, 0.2) is 0 Å². The Morgan fingerprint density at radius 2 is 2.17 bits per heavy atom. The smallest absolute Gasteiger partial charge is 0.254 e. The molecule has 1 heterocycles. The minimum atomic E-state index is -4.52. The van der Waals surface area contributed by atoms with Crippen molar-refractivity contribution in [1.82, 2.24) is 4.98 Å². The normalized spacial score (nSPS) is 10.8. The number of pyridine rings is 1. The molecule has 61 valence electrons. The lowest BCUT2D eigenvalue weighted by molar-refractivity contribution is -0.138. The van der Waals surface area contributed by atoms with Gasteiger partial charge in [0.2, 0.25) is 0 Å². The summed E-state index contributed by atoms with van der Waals surface area (Å²) in [6.45, 7) is 0. The molecule has 1 aromatic heterocycles. The molecule has 1 rings (SSSR count). The van der Waals surface area contributed by atoms with E-state index in [9.17, 15) is 13.2 Å². The molecule has 1 aromatic rings. The summed E-state index contributed by atoms with van der Waals surface area (Å²) in [4.78, 5) is 3.16. The summed E-state index contributed by atoms with van der Waals surface area (Å²) in [6.07, 6.45) is -1.79. The first-order valence-corrected chi connectivity index (χ1v) is 2.89. The van der Waals surface area contributed by atoms with Crippen LogP contribution in [0.15, 0.2) is 12.3 Å². The molecule has 0 unspecified atom stereocenters. The number of hydrogen-bond acceptors (Lipinski definition) is 2. The highest BCUT2D eigenvalue weighted by Crippen LogP contribution is 2.30. The van der Waals surface area contributed by atoms with Crippen molar-refractivity contribution in [2.45, 2.75) is 6.18 Å². The predicted octanol–water partition coefficient (Wildman–Crippen LogP) is 1.77. The first kappa shape index (κ1) is 8.53. The zero-order valence-corrected chi connectivity index (χ0v) is 5.68. The minimum Gasteiger partial charge on any atom is -0.254 e. The van der Waals surface area contributed by atoms with Crippen molar-refractivity contribution in [3.8, 4) is 6.07 Å². The minimum absolute atomic E-state index is 0.461. The van der Waals surface area contributed by atoms with E-state index in [1.165, 1.54) is 6.07 Å². The van der Waals surface area contributed by atoms with Gasteiger partial charge in [0.1, 0.15) is 0 Å². The van der Waals surface area contributed by atoms with Gasteiger partial charge in [0.05, 0.1) is 23.4 Å². The monoisotopic (exact) mass is 171 g/mol. The highest BCUT2D eigenvalue weighted by Gasteiger charge is 2.33. The van der Waals surface area contributed by atoms with E-state index in [0.717, 1.165) is 6.07 Å². The first-order valence-electron chi connectivity index (χ1n) is 2.89. The topological polar surface area (TPSA) is 36.7 Å². The molecule has 0 bridgehead atoms. The van der Waals surface area contributed by atoms with Crippen molar-refractivity contribution in [3.05, 3.63) is 29.6 Å². The summed E-state index contributed by atoms with van der Waals surface area (Å²) in [6, 6.07) is 2.32. The molecular weight excluding hydrogens is 169 g/mol. The van der Waals surface area contributed by atoms with Crippen LogP contribution in [0, 0.1) is 17.5 Å². The molecule has 0 amide bonds. The maximum atomic E-state index is 12.0. The van der Waals surface area contributed by atoms with Crippen LogP contribution in [0.5, 0.6) is 0 Å².